The quantitative estimate of drug-likeness (QED) is 0.872. The maximum atomic E-state index is 11.4. The lowest BCUT2D eigenvalue weighted by molar-refractivity contribution is -0.141. The maximum absolute atomic E-state index is 11.4. The van der Waals surface area contributed by atoms with E-state index in [0.29, 0.717) is 17.7 Å². The van der Waals surface area contributed by atoms with Gasteiger partial charge in [-0.2, -0.15) is 0 Å². The molecule has 2 N–H and O–H groups in total. The van der Waals surface area contributed by atoms with E-state index in [1.54, 1.807) is 6.07 Å². The summed E-state index contributed by atoms with van der Waals surface area (Å²) < 4.78 is 22.7. The SMILES string of the molecule is CS(=O)(=O)c1ccc(N[C@@H]2C[C@@H]3CC(C(=O)O)C[C@@H]32)nc1. The molecular weight excluding hydrogens is 292 g/mol. The van der Waals surface area contributed by atoms with Gasteiger partial charge in [-0.05, 0) is 43.2 Å². The molecule has 0 spiro atoms. The fourth-order valence-corrected chi connectivity index (χ4v) is 4.03. The first-order valence-electron chi connectivity index (χ1n) is 7.00. The number of hydrogen-bond acceptors (Lipinski definition) is 5. The van der Waals surface area contributed by atoms with E-state index in [4.69, 9.17) is 5.11 Å². The molecule has 2 fully saturated rings. The van der Waals surface area contributed by atoms with E-state index >= 15 is 0 Å². The minimum absolute atomic E-state index is 0.200. The zero-order chi connectivity index (χ0) is 15.2. The Balaban J connectivity index is 1.63. The summed E-state index contributed by atoms with van der Waals surface area (Å²) in [5.41, 5.74) is 0. The van der Waals surface area contributed by atoms with Crippen molar-refractivity contribution in [2.45, 2.75) is 30.2 Å². The van der Waals surface area contributed by atoms with Crippen LogP contribution in [-0.2, 0) is 14.6 Å². The highest BCUT2D eigenvalue weighted by atomic mass is 32.2. The van der Waals surface area contributed by atoms with Gasteiger partial charge in [0.05, 0.1) is 10.8 Å². The van der Waals surface area contributed by atoms with Gasteiger partial charge >= 0.3 is 5.97 Å². The van der Waals surface area contributed by atoms with Gasteiger partial charge in [-0.3, -0.25) is 4.79 Å². The second kappa shape index (κ2) is 4.98. The third kappa shape index (κ3) is 2.74. The molecule has 4 atom stereocenters. The lowest BCUT2D eigenvalue weighted by Gasteiger charge is -2.41. The van der Waals surface area contributed by atoms with E-state index in [1.807, 2.05) is 0 Å². The summed E-state index contributed by atoms with van der Waals surface area (Å²) in [6, 6.07) is 3.44. The van der Waals surface area contributed by atoms with Crippen LogP contribution >= 0.6 is 0 Å². The minimum Gasteiger partial charge on any atom is -0.481 e. The molecule has 6 nitrogen and oxygen atoms in total. The Kier molecular flexibility index (Phi) is 3.39. The van der Waals surface area contributed by atoms with E-state index in [-0.39, 0.29) is 16.9 Å². The number of pyridine rings is 1. The average Bonchev–Trinajstić information content (AvgIpc) is 2.73. The summed E-state index contributed by atoms with van der Waals surface area (Å²) in [5, 5.41) is 12.4. The molecule has 0 aromatic carbocycles. The third-order valence-corrected chi connectivity index (χ3v) is 5.77. The molecule has 0 aliphatic heterocycles. The van der Waals surface area contributed by atoms with Crippen LogP contribution in [0, 0.1) is 17.8 Å². The number of nitrogens with one attached hydrogen (secondary N) is 1. The highest BCUT2D eigenvalue weighted by Gasteiger charge is 2.49. The number of aromatic nitrogens is 1. The van der Waals surface area contributed by atoms with Crippen molar-refractivity contribution in [2.24, 2.45) is 17.8 Å². The maximum Gasteiger partial charge on any atom is 0.306 e. The number of hydrogen-bond donors (Lipinski definition) is 2. The third-order valence-electron chi connectivity index (χ3n) is 4.67. The van der Waals surface area contributed by atoms with Crippen molar-refractivity contribution in [1.82, 2.24) is 4.98 Å². The molecule has 114 valence electrons. The van der Waals surface area contributed by atoms with Gasteiger partial charge in [-0.25, -0.2) is 13.4 Å². The van der Waals surface area contributed by atoms with E-state index in [0.717, 1.165) is 25.5 Å². The Bertz CT molecular complexity index is 656. The number of aliphatic carboxylic acids is 1. The summed E-state index contributed by atoms with van der Waals surface area (Å²) in [7, 11) is -3.23. The number of sulfone groups is 1. The van der Waals surface area contributed by atoms with Crippen LogP contribution in [0.5, 0.6) is 0 Å². The van der Waals surface area contributed by atoms with Gasteiger partial charge in [0.25, 0.3) is 0 Å². The monoisotopic (exact) mass is 310 g/mol. The van der Waals surface area contributed by atoms with Crippen molar-refractivity contribution in [3.63, 3.8) is 0 Å². The molecule has 1 unspecified atom stereocenters. The zero-order valence-corrected chi connectivity index (χ0v) is 12.5. The van der Waals surface area contributed by atoms with Crippen molar-refractivity contribution in [3.05, 3.63) is 18.3 Å². The van der Waals surface area contributed by atoms with E-state index in [2.05, 4.69) is 10.3 Å². The van der Waals surface area contributed by atoms with Crippen LogP contribution in [0.4, 0.5) is 5.82 Å². The largest absolute Gasteiger partial charge is 0.481 e. The number of fused-ring (bicyclic) bond motifs is 1. The summed E-state index contributed by atoms with van der Waals surface area (Å²) in [5.74, 6) is 0.622. The fourth-order valence-electron chi connectivity index (χ4n) is 3.47. The van der Waals surface area contributed by atoms with Gasteiger partial charge in [0, 0.05) is 18.5 Å². The predicted molar refractivity (Wildman–Crippen MR) is 76.7 cm³/mol. The smallest absolute Gasteiger partial charge is 0.306 e. The fraction of sp³-hybridized carbons (Fsp3) is 0.571. The van der Waals surface area contributed by atoms with Crippen LogP contribution in [0.1, 0.15) is 19.3 Å². The van der Waals surface area contributed by atoms with Gasteiger partial charge in [0.2, 0.25) is 0 Å². The lowest BCUT2D eigenvalue weighted by Crippen LogP contribution is -2.43. The van der Waals surface area contributed by atoms with Crippen LogP contribution in [-0.4, -0.2) is 36.8 Å². The number of carbonyl (C=O) groups is 1. The van der Waals surface area contributed by atoms with Crippen LogP contribution < -0.4 is 5.32 Å². The van der Waals surface area contributed by atoms with Gasteiger partial charge in [-0.15, -0.1) is 0 Å². The van der Waals surface area contributed by atoms with Crippen LogP contribution in [0.15, 0.2) is 23.2 Å². The van der Waals surface area contributed by atoms with Crippen LogP contribution in [0.3, 0.4) is 0 Å². The van der Waals surface area contributed by atoms with Crippen molar-refractivity contribution in [3.8, 4) is 0 Å². The van der Waals surface area contributed by atoms with Crippen molar-refractivity contribution in [2.75, 3.05) is 11.6 Å². The number of carboxylic acid groups (broad SMARTS) is 1. The molecule has 0 radical (unpaired) electrons. The first-order valence-corrected chi connectivity index (χ1v) is 8.89. The number of rotatable bonds is 4. The summed E-state index contributed by atoms with van der Waals surface area (Å²) >= 11 is 0. The molecule has 2 aliphatic carbocycles. The first-order chi connectivity index (χ1) is 9.84. The standard InChI is InChI=1S/C14H18N2O4S/c1-21(19,20)10-2-3-13(15-7-10)16-12-6-8-4-9(14(17)18)5-11(8)12/h2-3,7-9,11-12H,4-6H2,1H3,(H,15,16)(H,17,18)/t8-,9?,11-,12+/m0/s1. The van der Waals surface area contributed by atoms with Crippen LogP contribution in [0.2, 0.25) is 0 Å². The second-order valence-corrected chi connectivity index (χ2v) is 8.08. The first kappa shape index (κ1) is 14.3. The summed E-state index contributed by atoms with van der Waals surface area (Å²) in [6.07, 6.45) is 4.96. The van der Waals surface area contributed by atoms with Crippen molar-refractivity contribution < 1.29 is 18.3 Å². The molecule has 2 aliphatic rings. The molecule has 1 aromatic heterocycles. The normalized spacial score (nSPS) is 31.3. The molecule has 7 heteroatoms. The number of nitrogens with zero attached hydrogens (tertiary/aromatic N) is 1. The van der Waals surface area contributed by atoms with Crippen LogP contribution in [0.25, 0.3) is 0 Å². The Morgan fingerprint density at radius 2 is 2.10 bits per heavy atom. The Morgan fingerprint density at radius 1 is 1.33 bits per heavy atom. The number of anilines is 1. The summed E-state index contributed by atoms with van der Waals surface area (Å²) in [4.78, 5) is 15.4. The average molecular weight is 310 g/mol. The van der Waals surface area contributed by atoms with E-state index in [9.17, 15) is 13.2 Å². The molecular formula is C14H18N2O4S. The highest BCUT2D eigenvalue weighted by molar-refractivity contribution is 7.90. The van der Waals surface area contributed by atoms with Crippen molar-refractivity contribution >= 4 is 21.6 Å². The minimum atomic E-state index is -3.23. The number of carboxylic acids is 1. The van der Waals surface area contributed by atoms with Gasteiger partial charge < -0.3 is 10.4 Å². The van der Waals surface area contributed by atoms with Crippen molar-refractivity contribution in [1.29, 1.82) is 0 Å². The second-order valence-electron chi connectivity index (χ2n) is 6.07. The zero-order valence-electron chi connectivity index (χ0n) is 11.7. The highest BCUT2D eigenvalue weighted by Crippen LogP contribution is 2.50. The van der Waals surface area contributed by atoms with E-state index < -0.39 is 15.8 Å². The Morgan fingerprint density at radius 3 is 2.67 bits per heavy atom. The van der Waals surface area contributed by atoms with Gasteiger partial charge in [0.15, 0.2) is 9.84 Å². The molecule has 0 bridgehead atoms. The summed E-state index contributed by atoms with van der Waals surface area (Å²) in [6.45, 7) is 0. The van der Waals surface area contributed by atoms with Gasteiger partial charge in [-0.1, -0.05) is 0 Å². The molecule has 0 amide bonds. The topological polar surface area (TPSA) is 96.4 Å². The Labute approximate surface area is 123 Å². The molecule has 1 aromatic rings. The molecule has 1 heterocycles. The molecule has 2 saturated carbocycles. The Hall–Kier alpha value is -1.63. The predicted octanol–water partition coefficient (Wildman–Crippen LogP) is 1.40. The van der Waals surface area contributed by atoms with E-state index in [1.165, 1.54) is 12.3 Å². The lowest BCUT2D eigenvalue weighted by atomic mass is 9.71. The molecule has 21 heavy (non-hydrogen) atoms. The van der Waals surface area contributed by atoms with Gasteiger partial charge in [0.1, 0.15) is 5.82 Å². The molecule has 3 rings (SSSR count). The molecule has 0 saturated heterocycles.